The van der Waals surface area contributed by atoms with Crippen molar-refractivity contribution in [3.63, 3.8) is 0 Å². The number of hydrogen-bond donors (Lipinski definition) is 2. The van der Waals surface area contributed by atoms with E-state index in [1.54, 1.807) is 0 Å². The van der Waals surface area contributed by atoms with Crippen molar-refractivity contribution in [2.24, 2.45) is 0 Å². The summed E-state index contributed by atoms with van der Waals surface area (Å²) in [7, 11) is 0. The zero-order valence-corrected chi connectivity index (χ0v) is 12.7. The normalized spacial score (nSPS) is 21.3. The van der Waals surface area contributed by atoms with Crippen molar-refractivity contribution in [2.75, 3.05) is 16.4 Å². The van der Waals surface area contributed by atoms with E-state index in [1.807, 2.05) is 0 Å². The molecule has 0 saturated heterocycles. The summed E-state index contributed by atoms with van der Waals surface area (Å²) in [5, 5.41) is 0. The molecule has 1 heterocycles. The Balaban J connectivity index is 1.89. The molecule has 6 heteroatoms. The van der Waals surface area contributed by atoms with E-state index < -0.39 is 0 Å². The lowest BCUT2D eigenvalue weighted by Gasteiger charge is -2.41. The van der Waals surface area contributed by atoms with Gasteiger partial charge in [0.1, 0.15) is 0 Å². The van der Waals surface area contributed by atoms with Crippen molar-refractivity contribution in [1.82, 2.24) is 15.0 Å². The van der Waals surface area contributed by atoms with Crippen LogP contribution in [0, 0.1) is 0 Å². The molecule has 0 atom stereocenters. The highest BCUT2D eigenvalue weighted by Crippen LogP contribution is 2.32. The molecule has 0 amide bonds. The average molecular weight is 290 g/mol. The third-order valence-electron chi connectivity index (χ3n) is 4.83. The summed E-state index contributed by atoms with van der Waals surface area (Å²) in [5.41, 5.74) is 11.6. The van der Waals surface area contributed by atoms with Gasteiger partial charge in [-0.25, -0.2) is 0 Å². The third kappa shape index (κ3) is 3.36. The van der Waals surface area contributed by atoms with Crippen molar-refractivity contribution >= 4 is 17.8 Å². The molecule has 6 nitrogen and oxygen atoms in total. The van der Waals surface area contributed by atoms with E-state index in [1.165, 1.54) is 64.2 Å². The fourth-order valence-electron chi connectivity index (χ4n) is 3.86. The molecule has 2 aliphatic rings. The van der Waals surface area contributed by atoms with Gasteiger partial charge in [0, 0.05) is 12.1 Å². The van der Waals surface area contributed by atoms with E-state index >= 15 is 0 Å². The van der Waals surface area contributed by atoms with E-state index in [2.05, 4.69) is 19.9 Å². The molecule has 2 fully saturated rings. The van der Waals surface area contributed by atoms with E-state index in [9.17, 15) is 0 Å². The van der Waals surface area contributed by atoms with Crippen LogP contribution in [0.2, 0.25) is 0 Å². The lowest BCUT2D eigenvalue weighted by Crippen LogP contribution is -2.46. The number of nitrogens with two attached hydrogens (primary N) is 2. The first-order valence-corrected chi connectivity index (χ1v) is 8.29. The average Bonchev–Trinajstić information content (AvgIpc) is 2.49. The summed E-state index contributed by atoms with van der Waals surface area (Å²) in [6.07, 6.45) is 12.8. The van der Waals surface area contributed by atoms with Crippen LogP contribution in [-0.4, -0.2) is 27.0 Å². The zero-order chi connectivity index (χ0) is 14.7. The Morgan fingerprint density at radius 3 is 1.52 bits per heavy atom. The van der Waals surface area contributed by atoms with Crippen LogP contribution in [0.1, 0.15) is 64.2 Å². The first-order valence-electron chi connectivity index (χ1n) is 8.29. The van der Waals surface area contributed by atoms with Crippen LogP contribution >= 0.6 is 0 Å². The van der Waals surface area contributed by atoms with Crippen LogP contribution in [0.4, 0.5) is 17.8 Å². The number of nitrogens with zero attached hydrogens (tertiary/aromatic N) is 4. The second kappa shape index (κ2) is 6.45. The van der Waals surface area contributed by atoms with E-state index in [0.29, 0.717) is 18.0 Å². The number of aromatic nitrogens is 3. The lowest BCUT2D eigenvalue weighted by molar-refractivity contribution is 0.335. The second-order valence-corrected chi connectivity index (χ2v) is 6.34. The van der Waals surface area contributed by atoms with Crippen molar-refractivity contribution < 1.29 is 0 Å². The maximum atomic E-state index is 5.79. The lowest BCUT2D eigenvalue weighted by atomic mass is 9.89. The minimum atomic E-state index is 0.231. The first-order chi connectivity index (χ1) is 10.2. The van der Waals surface area contributed by atoms with Crippen LogP contribution in [0.15, 0.2) is 0 Å². The number of hydrogen-bond acceptors (Lipinski definition) is 6. The molecule has 3 rings (SSSR count). The van der Waals surface area contributed by atoms with Gasteiger partial charge in [-0.3, -0.25) is 0 Å². The maximum Gasteiger partial charge on any atom is 0.232 e. The van der Waals surface area contributed by atoms with E-state index in [4.69, 9.17) is 11.5 Å². The smallest absolute Gasteiger partial charge is 0.232 e. The highest BCUT2D eigenvalue weighted by Gasteiger charge is 2.31. The van der Waals surface area contributed by atoms with Gasteiger partial charge in [0.05, 0.1) is 0 Å². The molecular formula is C15H26N6. The Labute approximate surface area is 126 Å². The van der Waals surface area contributed by atoms with Gasteiger partial charge >= 0.3 is 0 Å². The zero-order valence-electron chi connectivity index (χ0n) is 12.7. The topological polar surface area (TPSA) is 93.9 Å². The summed E-state index contributed by atoms with van der Waals surface area (Å²) in [6, 6.07) is 1.06. The van der Waals surface area contributed by atoms with E-state index in [-0.39, 0.29) is 11.9 Å². The predicted molar refractivity (Wildman–Crippen MR) is 84.9 cm³/mol. The van der Waals surface area contributed by atoms with Crippen LogP contribution in [-0.2, 0) is 0 Å². The molecular weight excluding hydrogens is 264 g/mol. The third-order valence-corrected chi connectivity index (χ3v) is 4.83. The number of anilines is 3. The second-order valence-electron chi connectivity index (χ2n) is 6.34. The molecule has 2 saturated carbocycles. The summed E-state index contributed by atoms with van der Waals surface area (Å²) in [4.78, 5) is 15.1. The fourth-order valence-corrected chi connectivity index (χ4v) is 3.86. The van der Waals surface area contributed by atoms with Gasteiger partial charge in [-0.2, -0.15) is 15.0 Å². The molecule has 116 valence electrons. The Hall–Kier alpha value is -1.59. The summed E-state index contributed by atoms with van der Waals surface area (Å²) < 4.78 is 0. The standard InChI is InChI=1S/C15H26N6/c16-13-18-14(17)20-15(19-13)21(11-7-3-1-4-8-11)12-9-5-2-6-10-12/h11-12H,1-10H2,(H4,16,17,18,19,20). The fraction of sp³-hybridized carbons (Fsp3) is 0.800. The van der Waals surface area contributed by atoms with Crippen LogP contribution in [0.25, 0.3) is 0 Å². The maximum absolute atomic E-state index is 5.79. The molecule has 1 aromatic heterocycles. The van der Waals surface area contributed by atoms with Gasteiger partial charge in [0.15, 0.2) is 0 Å². The molecule has 0 radical (unpaired) electrons. The quantitative estimate of drug-likeness (QED) is 0.888. The summed E-state index contributed by atoms with van der Waals surface area (Å²) in [5.74, 6) is 1.15. The molecule has 0 bridgehead atoms. The number of rotatable bonds is 3. The molecule has 0 unspecified atom stereocenters. The Morgan fingerprint density at radius 2 is 1.10 bits per heavy atom. The largest absolute Gasteiger partial charge is 0.368 e. The minimum Gasteiger partial charge on any atom is -0.368 e. The molecule has 0 aromatic carbocycles. The summed E-state index contributed by atoms with van der Waals surface area (Å²) >= 11 is 0. The first kappa shape index (κ1) is 14.4. The Bertz CT molecular complexity index is 427. The van der Waals surface area contributed by atoms with Gasteiger partial charge in [-0.15, -0.1) is 0 Å². The SMILES string of the molecule is Nc1nc(N)nc(N(C2CCCCC2)C2CCCCC2)n1. The van der Waals surface area contributed by atoms with Gasteiger partial charge in [0.25, 0.3) is 0 Å². The Kier molecular flexibility index (Phi) is 4.41. The van der Waals surface area contributed by atoms with E-state index in [0.717, 1.165) is 0 Å². The molecule has 2 aliphatic carbocycles. The van der Waals surface area contributed by atoms with Gasteiger partial charge < -0.3 is 16.4 Å². The van der Waals surface area contributed by atoms with Crippen molar-refractivity contribution in [3.8, 4) is 0 Å². The predicted octanol–water partition coefficient (Wildman–Crippen LogP) is 2.51. The highest BCUT2D eigenvalue weighted by atomic mass is 15.3. The number of nitrogen functional groups attached to an aromatic ring is 2. The molecule has 0 aliphatic heterocycles. The van der Waals surface area contributed by atoms with Crippen molar-refractivity contribution in [3.05, 3.63) is 0 Å². The van der Waals surface area contributed by atoms with Crippen molar-refractivity contribution in [1.29, 1.82) is 0 Å². The highest BCUT2D eigenvalue weighted by molar-refractivity contribution is 5.42. The monoisotopic (exact) mass is 290 g/mol. The molecule has 1 aromatic rings. The molecule has 21 heavy (non-hydrogen) atoms. The van der Waals surface area contributed by atoms with Crippen molar-refractivity contribution in [2.45, 2.75) is 76.3 Å². The minimum absolute atomic E-state index is 0.231. The Morgan fingerprint density at radius 1 is 0.667 bits per heavy atom. The summed E-state index contributed by atoms with van der Waals surface area (Å²) in [6.45, 7) is 0. The van der Waals surface area contributed by atoms with Gasteiger partial charge in [-0.1, -0.05) is 38.5 Å². The van der Waals surface area contributed by atoms with Crippen LogP contribution in [0.5, 0.6) is 0 Å². The molecule has 0 spiro atoms. The van der Waals surface area contributed by atoms with Crippen LogP contribution < -0.4 is 16.4 Å². The molecule has 4 N–H and O–H groups in total. The van der Waals surface area contributed by atoms with Gasteiger partial charge in [-0.05, 0) is 25.7 Å². The van der Waals surface area contributed by atoms with Crippen LogP contribution in [0.3, 0.4) is 0 Å². The van der Waals surface area contributed by atoms with Gasteiger partial charge in [0.2, 0.25) is 17.8 Å².